The normalized spacial score (nSPS) is 11.9. The summed E-state index contributed by atoms with van der Waals surface area (Å²) < 4.78 is 27.5. The molecule has 0 aliphatic carbocycles. The van der Waals surface area contributed by atoms with Gasteiger partial charge in [-0.25, -0.2) is 32.9 Å². The molecular weight excluding hydrogens is 490 g/mol. The first-order valence-corrected chi connectivity index (χ1v) is 12.2. The summed E-state index contributed by atoms with van der Waals surface area (Å²) in [6.07, 6.45) is 2.45. The molecule has 14 heteroatoms. The number of nitrogens with zero attached hydrogens (tertiary/aromatic N) is 3. The number of anilines is 2. The molecule has 2 heterocycles. The second-order valence-corrected chi connectivity index (χ2v) is 9.57. The quantitative estimate of drug-likeness (QED) is 0.249. The molecule has 3 rings (SSSR count). The summed E-state index contributed by atoms with van der Waals surface area (Å²) in [6.45, 7) is 3.44. The van der Waals surface area contributed by atoms with Gasteiger partial charge in [0.2, 0.25) is 17.8 Å². The minimum Gasteiger partial charge on any atom is -0.480 e. The predicted octanol–water partition coefficient (Wildman–Crippen LogP) is 1.15. The fourth-order valence-corrected chi connectivity index (χ4v) is 4.15. The fraction of sp³-hybridized carbons (Fsp3) is 0.273. The zero-order chi connectivity index (χ0) is 26.3. The van der Waals surface area contributed by atoms with E-state index in [0.29, 0.717) is 22.8 Å². The number of carboxylic acids is 1. The molecule has 13 nitrogen and oxygen atoms in total. The lowest BCUT2D eigenvalue weighted by molar-refractivity contribution is -0.141. The van der Waals surface area contributed by atoms with Gasteiger partial charge in [0, 0.05) is 48.2 Å². The third kappa shape index (κ3) is 7.59. The van der Waals surface area contributed by atoms with E-state index in [1.807, 2.05) is 0 Å². The van der Waals surface area contributed by atoms with E-state index < -0.39 is 33.8 Å². The number of H-pyrrole nitrogens is 1. The minimum absolute atomic E-state index is 0.0208. The second kappa shape index (κ2) is 11.4. The SMILES string of the molecule is Cc1cc(C)nc(NS(=O)(=O)c2ccc(NC(=O)CCC(=O)NC(Cc3cnc[nH]3)C(=O)O)cc2)n1. The summed E-state index contributed by atoms with van der Waals surface area (Å²) in [5.74, 6) is -2.35. The van der Waals surface area contributed by atoms with Crippen LogP contribution in [0.1, 0.15) is 29.9 Å². The first kappa shape index (κ1) is 26.3. The maximum atomic E-state index is 12.6. The van der Waals surface area contributed by atoms with E-state index in [1.54, 1.807) is 19.9 Å². The lowest BCUT2D eigenvalue weighted by atomic mass is 10.1. The number of aryl methyl sites for hydroxylation is 2. The van der Waals surface area contributed by atoms with Crippen molar-refractivity contribution in [3.05, 3.63) is 59.9 Å². The fourth-order valence-electron chi connectivity index (χ4n) is 3.20. The second-order valence-electron chi connectivity index (χ2n) is 7.89. The summed E-state index contributed by atoms with van der Waals surface area (Å²) >= 11 is 0. The number of imidazole rings is 1. The molecule has 5 N–H and O–H groups in total. The molecule has 36 heavy (non-hydrogen) atoms. The van der Waals surface area contributed by atoms with Gasteiger partial charge in [0.15, 0.2) is 0 Å². The molecular formula is C22H25N7O6S. The van der Waals surface area contributed by atoms with Crippen LogP contribution < -0.4 is 15.4 Å². The highest BCUT2D eigenvalue weighted by Crippen LogP contribution is 2.17. The first-order chi connectivity index (χ1) is 17.0. The van der Waals surface area contributed by atoms with Gasteiger partial charge in [-0.15, -0.1) is 0 Å². The number of carbonyl (C=O) groups is 3. The third-order valence-electron chi connectivity index (χ3n) is 4.85. The molecule has 2 amide bonds. The van der Waals surface area contributed by atoms with Crippen molar-refractivity contribution in [2.24, 2.45) is 0 Å². The monoisotopic (exact) mass is 515 g/mol. The average Bonchev–Trinajstić information content (AvgIpc) is 3.30. The lowest BCUT2D eigenvalue weighted by Gasteiger charge is -2.13. The van der Waals surface area contributed by atoms with Crippen LogP contribution in [0.2, 0.25) is 0 Å². The molecule has 0 bridgehead atoms. The summed E-state index contributed by atoms with van der Waals surface area (Å²) in [5, 5.41) is 14.2. The number of carboxylic acid groups (broad SMARTS) is 1. The number of rotatable bonds is 11. The summed E-state index contributed by atoms with van der Waals surface area (Å²) in [4.78, 5) is 50.3. The van der Waals surface area contributed by atoms with E-state index in [4.69, 9.17) is 0 Å². The number of aliphatic carboxylic acids is 1. The van der Waals surface area contributed by atoms with Crippen molar-refractivity contribution in [1.29, 1.82) is 0 Å². The smallest absolute Gasteiger partial charge is 0.326 e. The number of hydrogen-bond acceptors (Lipinski definition) is 8. The molecule has 0 aliphatic heterocycles. The van der Waals surface area contributed by atoms with Gasteiger partial charge in [-0.2, -0.15) is 0 Å². The number of nitrogens with one attached hydrogen (secondary N) is 4. The number of amides is 2. The van der Waals surface area contributed by atoms with Crippen LogP contribution >= 0.6 is 0 Å². The maximum absolute atomic E-state index is 12.6. The Hall–Kier alpha value is -4.33. The number of aromatic amines is 1. The van der Waals surface area contributed by atoms with Gasteiger partial charge in [-0.3, -0.25) is 9.59 Å². The van der Waals surface area contributed by atoms with Crippen LogP contribution in [0.15, 0.2) is 47.8 Å². The molecule has 3 aromatic rings. The number of sulfonamides is 1. The van der Waals surface area contributed by atoms with Gasteiger partial charge < -0.3 is 20.7 Å². The van der Waals surface area contributed by atoms with Crippen LogP contribution in [0.5, 0.6) is 0 Å². The first-order valence-electron chi connectivity index (χ1n) is 10.8. The van der Waals surface area contributed by atoms with Gasteiger partial charge >= 0.3 is 5.97 Å². The molecule has 1 atom stereocenters. The topological polar surface area (TPSA) is 196 Å². The van der Waals surface area contributed by atoms with Crippen LogP contribution in [0, 0.1) is 13.8 Å². The van der Waals surface area contributed by atoms with Gasteiger partial charge in [0.1, 0.15) is 6.04 Å². The molecule has 1 unspecified atom stereocenters. The van der Waals surface area contributed by atoms with Crippen molar-refractivity contribution in [2.45, 2.75) is 44.0 Å². The van der Waals surface area contributed by atoms with Crippen LogP contribution in [-0.4, -0.2) is 57.3 Å². The average molecular weight is 516 g/mol. The molecule has 0 spiro atoms. The van der Waals surface area contributed by atoms with Crippen molar-refractivity contribution in [3.8, 4) is 0 Å². The van der Waals surface area contributed by atoms with Crippen LogP contribution in [-0.2, 0) is 30.8 Å². The number of carbonyl (C=O) groups excluding carboxylic acids is 2. The minimum atomic E-state index is -3.95. The van der Waals surface area contributed by atoms with Gasteiger partial charge in [-0.1, -0.05) is 0 Å². The summed E-state index contributed by atoms with van der Waals surface area (Å²) in [6, 6.07) is 5.96. The van der Waals surface area contributed by atoms with Gasteiger partial charge in [0.25, 0.3) is 10.0 Å². The molecule has 1 aromatic carbocycles. The number of benzene rings is 1. The lowest BCUT2D eigenvalue weighted by Crippen LogP contribution is -2.42. The number of hydrogen-bond donors (Lipinski definition) is 5. The van der Waals surface area contributed by atoms with Crippen LogP contribution in [0.4, 0.5) is 11.6 Å². The van der Waals surface area contributed by atoms with E-state index in [9.17, 15) is 27.9 Å². The molecule has 2 aromatic heterocycles. The molecule has 190 valence electrons. The Morgan fingerprint density at radius 1 is 1.03 bits per heavy atom. The molecule has 0 saturated carbocycles. The Morgan fingerprint density at radius 2 is 1.67 bits per heavy atom. The van der Waals surface area contributed by atoms with E-state index in [0.717, 1.165) is 0 Å². The Kier molecular flexibility index (Phi) is 8.32. The maximum Gasteiger partial charge on any atom is 0.326 e. The highest BCUT2D eigenvalue weighted by atomic mass is 32.2. The van der Waals surface area contributed by atoms with Crippen LogP contribution in [0.25, 0.3) is 0 Å². The highest BCUT2D eigenvalue weighted by molar-refractivity contribution is 7.92. The van der Waals surface area contributed by atoms with E-state index in [2.05, 4.69) is 35.3 Å². The standard InChI is InChI=1S/C22H25N7O6S/c1-13-9-14(2)26-22(25-13)29-36(34,35)17-5-3-15(4-6-17)27-19(30)7-8-20(31)28-18(21(32)33)10-16-11-23-12-24-16/h3-6,9,11-12,18H,7-8,10H2,1-2H3,(H,23,24)(H,27,30)(H,28,31)(H,32,33)(H,25,26,29). The molecule has 0 saturated heterocycles. The van der Waals surface area contributed by atoms with Crippen LogP contribution in [0.3, 0.4) is 0 Å². The third-order valence-corrected chi connectivity index (χ3v) is 6.19. The van der Waals surface area contributed by atoms with Crippen molar-refractivity contribution < 1.29 is 27.9 Å². The van der Waals surface area contributed by atoms with Crippen molar-refractivity contribution in [2.75, 3.05) is 10.0 Å². The zero-order valence-corrected chi connectivity index (χ0v) is 20.3. The Labute approximate surface area is 206 Å². The Bertz CT molecular complexity index is 1320. The van der Waals surface area contributed by atoms with Crippen molar-refractivity contribution >= 4 is 39.4 Å². The molecule has 0 aliphatic rings. The summed E-state index contributed by atoms with van der Waals surface area (Å²) in [5.41, 5.74) is 2.10. The van der Waals surface area contributed by atoms with E-state index in [1.165, 1.54) is 36.8 Å². The Balaban J connectivity index is 1.51. The van der Waals surface area contributed by atoms with Gasteiger partial charge in [0.05, 0.1) is 11.2 Å². The van der Waals surface area contributed by atoms with Gasteiger partial charge in [-0.05, 0) is 44.2 Å². The predicted molar refractivity (Wildman–Crippen MR) is 128 cm³/mol. The van der Waals surface area contributed by atoms with E-state index >= 15 is 0 Å². The summed E-state index contributed by atoms with van der Waals surface area (Å²) in [7, 11) is -3.95. The molecule has 0 radical (unpaired) electrons. The number of aromatic nitrogens is 4. The zero-order valence-electron chi connectivity index (χ0n) is 19.5. The van der Waals surface area contributed by atoms with E-state index in [-0.39, 0.29) is 30.1 Å². The highest BCUT2D eigenvalue weighted by Gasteiger charge is 2.21. The molecule has 0 fully saturated rings. The van der Waals surface area contributed by atoms with Crippen molar-refractivity contribution in [3.63, 3.8) is 0 Å². The Morgan fingerprint density at radius 3 is 2.25 bits per heavy atom. The largest absolute Gasteiger partial charge is 0.480 e. The van der Waals surface area contributed by atoms with Crippen molar-refractivity contribution in [1.82, 2.24) is 25.3 Å².